The number of ether oxygens (including phenoxy) is 2. The summed E-state index contributed by atoms with van der Waals surface area (Å²) in [7, 11) is 1.62. The van der Waals surface area contributed by atoms with Crippen LogP contribution in [0.2, 0.25) is 0 Å². The van der Waals surface area contributed by atoms with Crippen molar-refractivity contribution in [3.63, 3.8) is 0 Å². The number of methoxy groups -OCH3 is 1. The summed E-state index contributed by atoms with van der Waals surface area (Å²) < 4.78 is 27.8. The Morgan fingerprint density at radius 1 is 1.11 bits per heavy atom. The third kappa shape index (κ3) is 5.13. The van der Waals surface area contributed by atoms with Crippen LogP contribution in [0.3, 0.4) is 0 Å². The van der Waals surface area contributed by atoms with Gasteiger partial charge in [-0.3, -0.25) is 9.48 Å². The quantitative estimate of drug-likeness (QED) is 0.289. The molecule has 1 fully saturated rings. The van der Waals surface area contributed by atoms with E-state index >= 15 is 0 Å². The molecule has 1 aliphatic rings. The molecular weight excluding hydrogens is 525 g/mol. The van der Waals surface area contributed by atoms with Crippen molar-refractivity contribution in [3.05, 3.63) is 77.1 Å². The third-order valence-corrected chi connectivity index (χ3v) is 8.44. The van der Waals surface area contributed by atoms with Gasteiger partial charge in [-0.05, 0) is 35.9 Å². The highest BCUT2D eigenvalue weighted by molar-refractivity contribution is 7.29. The van der Waals surface area contributed by atoms with Crippen LogP contribution >= 0.6 is 22.7 Å². The van der Waals surface area contributed by atoms with Crippen LogP contribution in [0.15, 0.2) is 60.8 Å². The van der Waals surface area contributed by atoms with Crippen LogP contribution < -0.4 is 15.0 Å². The fraction of sp³-hybridized carbons (Fsp3) is 0.222. The zero-order chi connectivity index (χ0) is 26.1. The number of aromatic nitrogens is 3. The molecule has 1 amide bonds. The molecule has 0 radical (unpaired) electrons. The predicted octanol–water partition coefficient (Wildman–Crippen LogP) is 5.51. The molecule has 8 nitrogen and oxygen atoms in total. The molecule has 6 rings (SSSR count). The summed E-state index contributed by atoms with van der Waals surface area (Å²) >= 11 is 2.97. The van der Waals surface area contributed by atoms with Crippen molar-refractivity contribution in [1.29, 1.82) is 0 Å². The standard InChI is InChI=1S/C27H24FN5O3S2/c1-35-20-8-2-17(3-9-20)15-33-16-21(28)24(31-33)18-4-6-19(7-5-18)29-25(34)22-14-23-26(37-22)30-27(38-23)32-10-12-36-13-11-32/h2-9,14,16H,10-13,15H2,1H3,(H,29,34). The van der Waals surface area contributed by atoms with Gasteiger partial charge in [0, 0.05) is 24.3 Å². The molecule has 5 aromatic rings. The highest BCUT2D eigenvalue weighted by Crippen LogP contribution is 2.35. The number of hydrogen-bond donors (Lipinski definition) is 1. The van der Waals surface area contributed by atoms with E-state index in [0.29, 0.717) is 35.9 Å². The second-order valence-electron chi connectivity index (χ2n) is 8.78. The number of anilines is 2. The molecule has 0 unspecified atom stereocenters. The number of hydrogen-bond acceptors (Lipinski definition) is 8. The Labute approximate surface area is 226 Å². The number of thiophene rings is 1. The Balaban J connectivity index is 1.11. The molecule has 1 N–H and O–H groups in total. The first-order chi connectivity index (χ1) is 18.6. The molecule has 0 spiro atoms. The van der Waals surface area contributed by atoms with Crippen molar-refractivity contribution in [2.75, 3.05) is 43.6 Å². The third-order valence-electron chi connectivity index (χ3n) is 6.22. The molecule has 1 saturated heterocycles. The van der Waals surface area contributed by atoms with Crippen molar-refractivity contribution in [2.24, 2.45) is 0 Å². The van der Waals surface area contributed by atoms with E-state index in [-0.39, 0.29) is 11.6 Å². The number of morpholine rings is 1. The van der Waals surface area contributed by atoms with Crippen LogP contribution in [-0.2, 0) is 11.3 Å². The van der Waals surface area contributed by atoms with Crippen LogP contribution in [0.5, 0.6) is 5.75 Å². The number of carbonyl (C=O) groups is 1. The lowest BCUT2D eigenvalue weighted by atomic mass is 10.1. The van der Waals surface area contributed by atoms with Crippen molar-refractivity contribution >= 4 is 48.9 Å². The monoisotopic (exact) mass is 549 g/mol. The summed E-state index contributed by atoms with van der Waals surface area (Å²) in [5.74, 6) is 0.162. The normalized spacial score (nSPS) is 13.7. The Morgan fingerprint density at radius 3 is 2.58 bits per heavy atom. The fourth-order valence-corrected chi connectivity index (χ4v) is 6.38. The molecule has 0 atom stereocenters. The number of rotatable bonds is 7. The van der Waals surface area contributed by atoms with Gasteiger partial charge in [0.05, 0.1) is 42.6 Å². The van der Waals surface area contributed by atoms with Gasteiger partial charge < -0.3 is 19.7 Å². The molecule has 4 heterocycles. The first kappa shape index (κ1) is 24.5. The van der Waals surface area contributed by atoms with Crippen molar-refractivity contribution < 1.29 is 18.7 Å². The van der Waals surface area contributed by atoms with Crippen molar-refractivity contribution in [1.82, 2.24) is 14.8 Å². The second kappa shape index (κ2) is 10.5. The summed E-state index contributed by atoms with van der Waals surface area (Å²) in [5.41, 5.74) is 2.50. The Morgan fingerprint density at radius 2 is 1.87 bits per heavy atom. The van der Waals surface area contributed by atoms with E-state index in [1.807, 2.05) is 30.3 Å². The van der Waals surface area contributed by atoms with Gasteiger partial charge in [0.2, 0.25) is 0 Å². The molecular formula is C27H24FN5O3S2. The molecule has 0 saturated carbocycles. The van der Waals surface area contributed by atoms with E-state index in [2.05, 4.69) is 15.3 Å². The van der Waals surface area contributed by atoms with E-state index in [0.717, 1.165) is 39.1 Å². The maximum absolute atomic E-state index is 14.7. The summed E-state index contributed by atoms with van der Waals surface area (Å²) in [5, 5.41) is 8.31. The molecule has 0 bridgehead atoms. The van der Waals surface area contributed by atoms with Crippen molar-refractivity contribution in [3.8, 4) is 17.0 Å². The van der Waals surface area contributed by atoms with Gasteiger partial charge in [-0.2, -0.15) is 5.10 Å². The van der Waals surface area contributed by atoms with E-state index in [4.69, 9.17) is 14.5 Å². The summed E-state index contributed by atoms with van der Waals surface area (Å²) in [6, 6.07) is 16.5. The first-order valence-corrected chi connectivity index (χ1v) is 13.7. The summed E-state index contributed by atoms with van der Waals surface area (Å²) in [6.07, 6.45) is 1.39. The predicted molar refractivity (Wildman–Crippen MR) is 148 cm³/mol. The number of carbonyl (C=O) groups excluding carboxylic acids is 1. The van der Waals surface area contributed by atoms with E-state index in [9.17, 15) is 9.18 Å². The topological polar surface area (TPSA) is 81.5 Å². The molecule has 11 heteroatoms. The first-order valence-electron chi connectivity index (χ1n) is 12.1. The number of thiazole rings is 1. The van der Waals surface area contributed by atoms with Crippen LogP contribution in [0.1, 0.15) is 15.2 Å². The van der Waals surface area contributed by atoms with Crippen LogP contribution in [0, 0.1) is 5.82 Å². The molecule has 38 heavy (non-hydrogen) atoms. The Hall–Kier alpha value is -3.80. The smallest absolute Gasteiger partial charge is 0.265 e. The zero-order valence-electron chi connectivity index (χ0n) is 20.5. The molecule has 1 aliphatic heterocycles. The van der Waals surface area contributed by atoms with Crippen LogP contribution in [-0.4, -0.2) is 54.1 Å². The minimum absolute atomic E-state index is 0.198. The lowest BCUT2D eigenvalue weighted by Gasteiger charge is -2.25. The van der Waals surface area contributed by atoms with Gasteiger partial charge in [0.25, 0.3) is 5.91 Å². The lowest BCUT2D eigenvalue weighted by molar-refractivity contribution is 0.103. The highest BCUT2D eigenvalue weighted by atomic mass is 32.1. The SMILES string of the molecule is COc1ccc(Cn2cc(F)c(-c3ccc(NC(=O)c4cc5sc(N6CCOCC6)nc5s4)cc3)n2)cc1. The largest absolute Gasteiger partial charge is 0.497 e. The molecule has 194 valence electrons. The minimum Gasteiger partial charge on any atom is -0.497 e. The lowest BCUT2D eigenvalue weighted by Crippen LogP contribution is -2.36. The van der Waals surface area contributed by atoms with E-state index in [1.165, 1.54) is 17.5 Å². The maximum atomic E-state index is 14.7. The number of benzene rings is 2. The number of nitrogens with zero attached hydrogens (tertiary/aromatic N) is 4. The van der Waals surface area contributed by atoms with Gasteiger partial charge >= 0.3 is 0 Å². The van der Waals surface area contributed by atoms with Gasteiger partial charge in [-0.25, -0.2) is 9.37 Å². The van der Waals surface area contributed by atoms with E-state index in [1.54, 1.807) is 47.4 Å². The van der Waals surface area contributed by atoms with Crippen molar-refractivity contribution in [2.45, 2.75) is 6.54 Å². The van der Waals surface area contributed by atoms with Gasteiger partial charge in [-0.15, -0.1) is 11.3 Å². The average Bonchev–Trinajstić information content (AvgIpc) is 3.63. The molecule has 0 aliphatic carbocycles. The molecule has 3 aromatic heterocycles. The zero-order valence-corrected chi connectivity index (χ0v) is 22.2. The Kier molecular flexibility index (Phi) is 6.79. The fourth-order valence-electron chi connectivity index (χ4n) is 4.22. The van der Waals surface area contributed by atoms with Gasteiger partial charge in [0.15, 0.2) is 10.9 Å². The average molecular weight is 550 g/mol. The van der Waals surface area contributed by atoms with E-state index < -0.39 is 5.82 Å². The second-order valence-corrected chi connectivity index (χ2v) is 10.8. The summed E-state index contributed by atoms with van der Waals surface area (Å²) in [4.78, 5) is 21.2. The highest BCUT2D eigenvalue weighted by Gasteiger charge is 2.19. The number of nitrogens with one attached hydrogen (secondary N) is 1. The number of fused-ring (bicyclic) bond motifs is 1. The minimum atomic E-state index is -0.405. The summed E-state index contributed by atoms with van der Waals surface area (Å²) in [6.45, 7) is 3.51. The number of amides is 1. The van der Waals surface area contributed by atoms with Crippen LogP contribution in [0.4, 0.5) is 15.2 Å². The maximum Gasteiger partial charge on any atom is 0.265 e. The van der Waals surface area contributed by atoms with Crippen LogP contribution in [0.25, 0.3) is 20.8 Å². The number of halogens is 1. The van der Waals surface area contributed by atoms with Gasteiger partial charge in [-0.1, -0.05) is 35.6 Å². The molecule has 2 aromatic carbocycles. The van der Waals surface area contributed by atoms with Gasteiger partial charge in [0.1, 0.15) is 16.3 Å². The Bertz CT molecular complexity index is 1540.